The molecule has 0 unspecified atom stereocenters. The van der Waals surface area contributed by atoms with E-state index in [4.69, 9.17) is 6.42 Å². The Morgan fingerprint density at radius 2 is 2.38 bits per heavy atom. The summed E-state index contributed by atoms with van der Waals surface area (Å²) in [5.41, 5.74) is 1.06. The minimum Gasteiger partial charge on any atom is -0.356 e. The van der Waals surface area contributed by atoms with E-state index in [2.05, 4.69) is 26.5 Å². The van der Waals surface area contributed by atoms with E-state index in [-0.39, 0.29) is 0 Å². The van der Waals surface area contributed by atoms with Gasteiger partial charge in [-0.2, -0.15) is 0 Å². The van der Waals surface area contributed by atoms with E-state index in [0.717, 1.165) is 18.7 Å². The van der Waals surface area contributed by atoms with Crippen molar-refractivity contribution in [3.63, 3.8) is 0 Å². The smallest absolute Gasteiger partial charge is 0.191 e. The number of hydrogen-bond acceptors (Lipinski definition) is 2. The summed E-state index contributed by atoms with van der Waals surface area (Å²) in [7, 11) is 1.71. The Morgan fingerprint density at radius 1 is 1.50 bits per heavy atom. The molecule has 0 spiro atoms. The number of nitrogens with zero attached hydrogens (tertiary/aromatic N) is 2. The number of hydrogen-bond donors (Lipinski definition) is 2. The number of aliphatic imine (C=N–C) groups is 1. The largest absolute Gasteiger partial charge is 0.356 e. The number of aromatic nitrogens is 1. The third-order valence-corrected chi connectivity index (χ3v) is 1.98. The van der Waals surface area contributed by atoms with Gasteiger partial charge in [0.05, 0.1) is 6.54 Å². The molecule has 4 heteroatoms. The Kier molecular flexibility index (Phi) is 5.49. The zero-order valence-electron chi connectivity index (χ0n) is 9.40. The highest BCUT2D eigenvalue weighted by Crippen LogP contribution is 1.92. The van der Waals surface area contributed by atoms with Crippen molar-refractivity contribution in [2.75, 3.05) is 20.1 Å². The van der Waals surface area contributed by atoms with Crippen LogP contribution in [0.25, 0.3) is 0 Å². The van der Waals surface area contributed by atoms with E-state index in [1.165, 1.54) is 0 Å². The molecule has 2 N–H and O–H groups in total. The highest BCUT2D eigenvalue weighted by Gasteiger charge is 1.96. The third-order valence-electron chi connectivity index (χ3n) is 1.98. The minimum atomic E-state index is 0.475. The van der Waals surface area contributed by atoms with Crippen molar-refractivity contribution >= 4 is 5.96 Å². The average molecular weight is 216 g/mol. The number of nitrogens with one attached hydrogen (secondary N) is 2. The summed E-state index contributed by atoms with van der Waals surface area (Å²) >= 11 is 0. The van der Waals surface area contributed by atoms with Crippen molar-refractivity contribution in [2.24, 2.45) is 4.99 Å². The zero-order chi connectivity index (χ0) is 11.6. The molecule has 0 radical (unpaired) electrons. The molecule has 0 saturated heterocycles. The first-order valence-electron chi connectivity index (χ1n) is 5.14. The molecule has 1 aromatic heterocycles. The maximum atomic E-state index is 5.15. The van der Waals surface area contributed by atoms with Crippen molar-refractivity contribution in [2.45, 2.75) is 6.42 Å². The fourth-order valence-corrected chi connectivity index (χ4v) is 1.21. The topological polar surface area (TPSA) is 49.3 Å². The van der Waals surface area contributed by atoms with Gasteiger partial charge in [0.25, 0.3) is 0 Å². The lowest BCUT2D eigenvalue weighted by molar-refractivity contribution is 0.808. The number of terminal acetylenes is 1. The minimum absolute atomic E-state index is 0.475. The second-order valence-corrected chi connectivity index (χ2v) is 3.13. The lowest BCUT2D eigenvalue weighted by atomic mass is 10.3. The van der Waals surface area contributed by atoms with Gasteiger partial charge in [0.15, 0.2) is 5.96 Å². The summed E-state index contributed by atoms with van der Waals surface area (Å²) in [6.45, 7) is 1.25. The molecule has 0 saturated carbocycles. The molecule has 84 valence electrons. The van der Waals surface area contributed by atoms with Crippen LogP contribution in [0.2, 0.25) is 0 Å². The van der Waals surface area contributed by atoms with E-state index in [9.17, 15) is 0 Å². The van der Waals surface area contributed by atoms with Gasteiger partial charge in [-0.25, -0.2) is 0 Å². The molecule has 0 aliphatic carbocycles. The molecule has 0 bridgehead atoms. The van der Waals surface area contributed by atoms with E-state index in [1.807, 2.05) is 18.2 Å². The van der Waals surface area contributed by atoms with Crippen LogP contribution in [0.15, 0.2) is 29.4 Å². The first kappa shape index (κ1) is 12.1. The highest BCUT2D eigenvalue weighted by molar-refractivity contribution is 5.79. The predicted molar refractivity (Wildman–Crippen MR) is 66.1 cm³/mol. The number of guanidine groups is 1. The quantitative estimate of drug-likeness (QED) is 0.436. The molecule has 1 rings (SSSR count). The monoisotopic (exact) mass is 216 g/mol. The van der Waals surface area contributed by atoms with Crippen LogP contribution in [0.1, 0.15) is 5.69 Å². The standard InChI is InChI=1S/C12H16N4/c1-3-8-15-12(13-2)16-10-7-11-6-4-5-9-14-11/h1,4-6,9H,7-8,10H2,2H3,(H2,13,15,16). The van der Waals surface area contributed by atoms with Crippen LogP contribution >= 0.6 is 0 Å². The second kappa shape index (κ2) is 7.30. The second-order valence-electron chi connectivity index (χ2n) is 3.13. The van der Waals surface area contributed by atoms with Gasteiger partial charge in [0.2, 0.25) is 0 Å². The van der Waals surface area contributed by atoms with Gasteiger partial charge in [-0.05, 0) is 12.1 Å². The van der Waals surface area contributed by atoms with Crippen LogP contribution in [0, 0.1) is 12.3 Å². The van der Waals surface area contributed by atoms with Crippen molar-refractivity contribution in [3.8, 4) is 12.3 Å². The first-order chi connectivity index (χ1) is 7.86. The first-order valence-corrected chi connectivity index (χ1v) is 5.14. The van der Waals surface area contributed by atoms with Gasteiger partial charge >= 0.3 is 0 Å². The summed E-state index contributed by atoms with van der Waals surface area (Å²) in [4.78, 5) is 8.27. The Hall–Kier alpha value is -2.02. The summed E-state index contributed by atoms with van der Waals surface area (Å²) < 4.78 is 0. The molecule has 0 atom stereocenters. The molecule has 0 amide bonds. The van der Waals surface area contributed by atoms with Gasteiger partial charge in [-0.1, -0.05) is 12.0 Å². The third kappa shape index (κ3) is 4.47. The molecular formula is C12H16N4. The van der Waals surface area contributed by atoms with Crippen LogP contribution in [0.4, 0.5) is 0 Å². The van der Waals surface area contributed by atoms with Gasteiger partial charge in [0.1, 0.15) is 0 Å². The molecule has 0 aliphatic heterocycles. The molecular weight excluding hydrogens is 200 g/mol. The van der Waals surface area contributed by atoms with Crippen LogP contribution in [-0.4, -0.2) is 31.1 Å². The van der Waals surface area contributed by atoms with E-state index in [0.29, 0.717) is 12.5 Å². The highest BCUT2D eigenvalue weighted by atomic mass is 15.2. The lowest BCUT2D eigenvalue weighted by Crippen LogP contribution is -2.38. The Morgan fingerprint density at radius 3 is 3.00 bits per heavy atom. The van der Waals surface area contributed by atoms with Gasteiger partial charge in [-0.15, -0.1) is 6.42 Å². The van der Waals surface area contributed by atoms with E-state index in [1.54, 1.807) is 13.2 Å². The average Bonchev–Trinajstić information content (AvgIpc) is 2.35. The predicted octanol–water partition coefficient (Wildman–Crippen LogP) is 0.422. The SMILES string of the molecule is C#CCNC(=NC)NCCc1ccccn1. The molecule has 16 heavy (non-hydrogen) atoms. The Bertz CT molecular complexity index is 364. The van der Waals surface area contributed by atoms with Crippen molar-refractivity contribution < 1.29 is 0 Å². The van der Waals surface area contributed by atoms with Crippen molar-refractivity contribution in [1.29, 1.82) is 0 Å². The summed E-state index contributed by atoms with van der Waals surface area (Å²) in [5, 5.41) is 6.14. The van der Waals surface area contributed by atoms with Gasteiger partial charge < -0.3 is 10.6 Å². The molecule has 4 nitrogen and oxygen atoms in total. The zero-order valence-corrected chi connectivity index (χ0v) is 9.40. The van der Waals surface area contributed by atoms with Crippen molar-refractivity contribution in [3.05, 3.63) is 30.1 Å². The number of pyridine rings is 1. The normalized spacial score (nSPS) is 10.6. The van der Waals surface area contributed by atoms with Crippen LogP contribution in [0.3, 0.4) is 0 Å². The maximum absolute atomic E-state index is 5.15. The molecule has 0 aromatic carbocycles. The van der Waals surface area contributed by atoms with Crippen LogP contribution < -0.4 is 10.6 Å². The fraction of sp³-hybridized carbons (Fsp3) is 0.333. The molecule has 0 aliphatic rings. The Balaban J connectivity index is 2.27. The van der Waals surface area contributed by atoms with Crippen LogP contribution in [0.5, 0.6) is 0 Å². The van der Waals surface area contributed by atoms with E-state index < -0.39 is 0 Å². The molecule has 1 heterocycles. The molecule has 1 aromatic rings. The van der Waals surface area contributed by atoms with Crippen LogP contribution in [-0.2, 0) is 6.42 Å². The summed E-state index contributed by atoms with van der Waals surface area (Å²) in [6.07, 6.45) is 7.80. The van der Waals surface area contributed by atoms with Gasteiger partial charge in [-0.3, -0.25) is 9.98 Å². The number of rotatable bonds is 4. The summed E-state index contributed by atoms with van der Waals surface area (Å²) in [5.74, 6) is 3.21. The maximum Gasteiger partial charge on any atom is 0.191 e. The Labute approximate surface area is 96.2 Å². The fourth-order valence-electron chi connectivity index (χ4n) is 1.21. The van der Waals surface area contributed by atoms with Gasteiger partial charge in [0, 0.05) is 31.9 Å². The molecule has 0 fully saturated rings. The van der Waals surface area contributed by atoms with Crippen molar-refractivity contribution in [1.82, 2.24) is 15.6 Å². The lowest BCUT2D eigenvalue weighted by Gasteiger charge is -2.09. The van der Waals surface area contributed by atoms with E-state index >= 15 is 0 Å². The summed E-state index contributed by atoms with van der Waals surface area (Å²) in [6, 6.07) is 5.89.